The van der Waals surface area contributed by atoms with Gasteiger partial charge in [0.15, 0.2) is 0 Å². The molecule has 0 radical (unpaired) electrons. The fraction of sp³-hybridized carbons (Fsp3) is 0.619. The fourth-order valence-corrected chi connectivity index (χ4v) is 4.15. The van der Waals surface area contributed by atoms with E-state index in [4.69, 9.17) is 9.47 Å². The zero-order valence-corrected chi connectivity index (χ0v) is 14.9. The second kappa shape index (κ2) is 6.68. The van der Waals surface area contributed by atoms with Gasteiger partial charge in [-0.2, -0.15) is 0 Å². The minimum absolute atomic E-state index is 0.0881. The Labute approximate surface area is 140 Å². The Morgan fingerprint density at radius 3 is 2.43 bits per heavy atom. The first kappa shape index (κ1) is 16.6. The molecule has 5 unspecified atom stereocenters. The van der Waals surface area contributed by atoms with Crippen LogP contribution in [0.25, 0.3) is 0 Å². The van der Waals surface area contributed by atoms with E-state index in [9.17, 15) is 0 Å². The first-order valence-corrected chi connectivity index (χ1v) is 9.13. The van der Waals surface area contributed by atoms with Crippen LogP contribution in [0.4, 0.5) is 0 Å². The average Bonchev–Trinajstić information content (AvgIpc) is 3.15. The highest BCUT2D eigenvalue weighted by Crippen LogP contribution is 2.54. The van der Waals surface area contributed by atoms with Crippen LogP contribution in [0.2, 0.25) is 0 Å². The Kier molecular flexibility index (Phi) is 4.82. The van der Waals surface area contributed by atoms with E-state index in [1.54, 1.807) is 0 Å². The van der Waals surface area contributed by atoms with Gasteiger partial charge in [-0.15, -0.1) is 0 Å². The molecule has 2 heteroatoms. The maximum Gasteiger partial charge on any atom is 0.205 e. The van der Waals surface area contributed by atoms with E-state index in [0.717, 1.165) is 12.2 Å². The number of fused-ring (bicyclic) bond motifs is 2. The Morgan fingerprint density at radius 1 is 1.17 bits per heavy atom. The summed E-state index contributed by atoms with van der Waals surface area (Å²) in [6.45, 7) is 9.56. The van der Waals surface area contributed by atoms with Gasteiger partial charge in [0.25, 0.3) is 0 Å². The molecule has 1 fully saturated rings. The first-order chi connectivity index (χ1) is 11.1. The molecule has 1 aromatic rings. The van der Waals surface area contributed by atoms with Crippen LogP contribution in [0.5, 0.6) is 5.75 Å². The van der Waals surface area contributed by atoms with E-state index in [1.165, 1.54) is 18.4 Å². The summed E-state index contributed by atoms with van der Waals surface area (Å²) in [7, 11) is 0. The van der Waals surface area contributed by atoms with Crippen molar-refractivity contribution in [1.82, 2.24) is 0 Å². The van der Waals surface area contributed by atoms with Crippen LogP contribution in [0.1, 0.15) is 58.4 Å². The maximum absolute atomic E-state index is 6.31. The van der Waals surface area contributed by atoms with Gasteiger partial charge in [-0.3, -0.25) is 0 Å². The minimum atomic E-state index is -0.165. The molecule has 126 valence electrons. The number of hydrogen-bond acceptors (Lipinski definition) is 2. The molecule has 0 aromatic heterocycles. The van der Waals surface area contributed by atoms with E-state index in [0.29, 0.717) is 24.4 Å². The minimum Gasteiger partial charge on any atom is -0.464 e. The third kappa shape index (κ3) is 3.19. The molecule has 1 aromatic carbocycles. The zero-order chi connectivity index (χ0) is 16.4. The zero-order valence-electron chi connectivity index (χ0n) is 14.9. The van der Waals surface area contributed by atoms with Crippen molar-refractivity contribution in [3.8, 4) is 5.75 Å². The Hall–Kier alpha value is -1.28. The second-order valence-electron chi connectivity index (χ2n) is 7.48. The monoisotopic (exact) mass is 314 g/mol. The number of allylic oxidation sites excluding steroid dienone is 2. The van der Waals surface area contributed by atoms with Crippen LogP contribution < -0.4 is 4.74 Å². The van der Waals surface area contributed by atoms with Crippen LogP contribution in [0.3, 0.4) is 0 Å². The number of rotatable bonds is 7. The summed E-state index contributed by atoms with van der Waals surface area (Å²) in [6, 6.07) is 8.57. The molecule has 2 aliphatic carbocycles. The molecule has 2 aliphatic rings. The van der Waals surface area contributed by atoms with E-state index < -0.39 is 0 Å². The number of hydrogen-bond donors (Lipinski definition) is 0. The standard InChI is InChI=1S/C21H30O2/c1-5-15(3)17-8-11-19(12-9-17)23-20(22-6-2)21(4)14-16-7-10-18(21)13-16/h7-12,15-16,18,20H,5-6,13-14H2,1-4H3. The van der Waals surface area contributed by atoms with Gasteiger partial charge >= 0.3 is 0 Å². The van der Waals surface area contributed by atoms with Crippen molar-refractivity contribution in [2.45, 2.75) is 59.2 Å². The van der Waals surface area contributed by atoms with Crippen LogP contribution in [-0.4, -0.2) is 12.9 Å². The van der Waals surface area contributed by atoms with Crippen molar-refractivity contribution in [2.75, 3.05) is 6.61 Å². The quantitative estimate of drug-likeness (QED) is 0.485. The highest BCUT2D eigenvalue weighted by Gasteiger charge is 2.51. The predicted molar refractivity (Wildman–Crippen MR) is 94.7 cm³/mol. The largest absolute Gasteiger partial charge is 0.464 e. The highest BCUT2D eigenvalue weighted by molar-refractivity contribution is 5.29. The van der Waals surface area contributed by atoms with Gasteiger partial charge in [-0.1, -0.05) is 45.1 Å². The third-order valence-corrected chi connectivity index (χ3v) is 5.88. The molecular formula is C21H30O2. The van der Waals surface area contributed by atoms with Gasteiger partial charge in [0.05, 0.1) is 0 Å². The highest BCUT2D eigenvalue weighted by atomic mass is 16.7. The number of benzene rings is 1. The molecule has 1 saturated carbocycles. The third-order valence-electron chi connectivity index (χ3n) is 5.88. The lowest BCUT2D eigenvalue weighted by atomic mass is 9.77. The molecule has 2 nitrogen and oxygen atoms in total. The summed E-state index contributed by atoms with van der Waals surface area (Å²) in [5.41, 5.74) is 1.46. The summed E-state index contributed by atoms with van der Waals surface area (Å²) in [5, 5.41) is 0. The normalized spacial score (nSPS) is 31.3. The number of ether oxygens (including phenoxy) is 2. The second-order valence-corrected chi connectivity index (χ2v) is 7.48. The molecule has 0 saturated heterocycles. The molecule has 0 N–H and O–H groups in total. The van der Waals surface area contributed by atoms with Gasteiger partial charge in [0, 0.05) is 12.0 Å². The van der Waals surface area contributed by atoms with E-state index in [-0.39, 0.29) is 11.7 Å². The smallest absolute Gasteiger partial charge is 0.205 e. The van der Waals surface area contributed by atoms with E-state index in [1.807, 2.05) is 0 Å². The van der Waals surface area contributed by atoms with Gasteiger partial charge < -0.3 is 9.47 Å². The van der Waals surface area contributed by atoms with Crippen LogP contribution in [0, 0.1) is 17.3 Å². The lowest BCUT2D eigenvalue weighted by Crippen LogP contribution is -2.42. The summed E-state index contributed by atoms with van der Waals surface area (Å²) in [5.74, 6) is 2.82. The Morgan fingerprint density at radius 2 is 1.91 bits per heavy atom. The van der Waals surface area contributed by atoms with Crippen LogP contribution in [-0.2, 0) is 4.74 Å². The molecule has 23 heavy (non-hydrogen) atoms. The van der Waals surface area contributed by atoms with Gasteiger partial charge in [0.1, 0.15) is 5.75 Å². The van der Waals surface area contributed by atoms with Crippen molar-refractivity contribution in [2.24, 2.45) is 17.3 Å². The van der Waals surface area contributed by atoms with Crippen molar-refractivity contribution in [1.29, 1.82) is 0 Å². The molecule has 3 rings (SSSR count). The molecule has 2 bridgehead atoms. The fourth-order valence-electron chi connectivity index (χ4n) is 4.15. The SMILES string of the molecule is CCOC(Oc1ccc(C(C)CC)cc1)C1(C)CC2C=CC1C2. The molecule has 0 amide bonds. The van der Waals surface area contributed by atoms with Gasteiger partial charge in [-0.05, 0) is 61.6 Å². The van der Waals surface area contributed by atoms with Gasteiger partial charge in [0.2, 0.25) is 6.29 Å². The molecular weight excluding hydrogens is 284 g/mol. The lowest BCUT2D eigenvalue weighted by Gasteiger charge is -2.38. The van der Waals surface area contributed by atoms with Crippen LogP contribution >= 0.6 is 0 Å². The maximum atomic E-state index is 6.31. The van der Waals surface area contributed by atoms with Crippen molar-refractivity contribution >= 4 is 0 Å². The Bertz CT molecular complexity index is 547. The molecule has 0 aliphatic heterocycles. The molecule has 0 spiro atoms. The average molecular weight is 314 g/mol. The van der Waals surface area contributed by atoms with Gasteiger partial charge in [-0.25, -0.2) is 0 Å². The molecule has 0 heterocycles. The van der Waals surface area contributed by atoms with E-state index in [2.05, 4.69) is 64.1 Å². The summed E-state index contributed by atoms with van der Waals surface area (Å²) < 4.78 is 12.3. The lowest BCUT2D eigenvalue weighted by molar-refractivity contribution is -0.158. The molecule has 5 atom stereocenters. The topological polar surface area (TPSA) is 18.5 Å². The van der Waals surface area contributed by atoms with Crippen molar-refractivity contribution in [3.63, 3.8) is 0 Å². The predicted octanol–water partition coefficient (Wildman–Crippen LogP) is 5.54. The summed E-state index contributed by atoms with van der Waals surface area (Å²) in [6.07, 6.45) is 8.17. The summed E-state index contributed by atoms with van der Waals surface area (Å²) >= 11 is 0. The van der Waals surface area contributed by atoms with Crippen LogP contribution in [0.15, 0.2) is 36.4 Å². The first-order valence-electron chi connectivity index (χ1n) is 9.13. The summed E-state index contributed by atoms with van der Waals surface area (Å²) in [4.78, 5) is 0. The van der Waals surface area contributed by atoms with Crippen molar-refractivity contribution < 1.29 is 9.47 Å². The van der Waals surface area contributed by atoms with Crippen molar-refractivity contribution in [3.05, 3.63) is 42.0 Å². The van der Waals surface area contributed by atoms with E-state index >= 15 is 0 Å². The Balaban J connectivity index is 1.74.